The smallest absolute Gasteiger partial charge is 0.169 e. The molecule has 0 atom stereocenters. The highest BCUT2D eigenvalue weighted by Gasteiger charge is 2.05. The van der Waals surface area contributed by atoms with Crippen LogP contribution in [0.15, 0.2) is 24.3 Å². The quantitative estimate of drug-likeness (QED) is 0.737. The number of nitrogen functional groups attached to an aromatic ring is 1. The number of nitrogens with zero attached hydrogens (tertiary/aromatic N) is 3. The average Bonchev–Trinajstić information content (AvgIpc) is 2.50. The highest BCUT2D eigenvalue weighted by Crippen LogP contribution is 2.13. The van der Waals surface area contributed by atoms with Crippen molar-refractivity contribution in [3.05, 3.63) is 35.5 Å². The zero-order valence-electron chi connectivity index (χ0n) is 8.23. The van der Waals surface area contributed by atoms with Crippen LogP contribution in [0.5, 0.6) is 0 Å². The summed E-state index contributed by atoms with van der Waals surface area (Å²) in [6.07, 6.45) is 0. The van der Waals surface area contributed by atoms with Gasteiger partial charge in [0.05, 0.1) is 11.4 Å². The lowest BCUT2D eigenvalue weighted by atomic mass is 10.2. The minimum atomic E-state index is 0.477. The molecule has 0 aliphatic rings. The molecule has 0 aliphatic carbocycles. The number of nitrogens with two attached hydrogens (primary N) is 1. The van der Waals surface area contributed by atoms with E-state index in [1.54, 1.807) is 4.68 Å². The molecule has 0 aliphatic heterocycles. The molecule has 0 saturated carbocycles. The van der Waals surface area contributed by atoms with Gasteiger partial charge in [-0.3, -0.25) is 0 Å². The van der Waals surface area contributed by atoms with Crippen LogP contribution in [0.25, 0.3) is 5.69 Å². The van der Waals surface area contributed by atoms with E-state index in [4.69, 9.17) is 5.73 Å². The fraction of sp³-hybridized carbons (Fsp3) is 0.200. The third-order valence-electron chi connectivity index (χ3n) is 2.21. The molecule has 2 rings (SSSR count). The number of hydrogen-bond acceptors (Lipinski definition) is 3. The minimum Gasteiger partial charge on any atom is -0.381 e. The van der Waals surface area contributed by atoms with Crippen LogP contribution in [0, 0.1) is 13.8 Å². The van der Waals surface area contributed by atoms with Gasteiger partial charge in [0.25, 0.3) is 0 Å². The molecular weight excluding hydrogens is 176 g/mol. The van der Waals surface area contributed by atoms with E-state index in [0.29, 0.717) is 5.82 Å². The van der Waals surface area contributed by atoms with Gasteiger partial charge >= 0.3 is 0 Å². The molecule has 0 bridgehead atoms. The Kier molecular flexibility index (Phi) is 1.96. The number of aryl methyl sites for hydroxylation is 1. The first-order chi connectivity index (χ1) is 6.68. The number of anilines is 1. The Bertz CT molecular complexity index is 442. The van der Waals surface area contributed by atoms with Crippen molar-refractivity contribution in [2.24, 2.45) is 0 Å². The fourth-order valence-electron chi connectivity index (χ4n) is 1.27. The second-order valence-electron chi connectivity index (χ2n) is 3.31. The molecule has 4 heteroatoms. The lowest BCUT2D eigenvalue weighted by molar-refractivity contribution is 0.785. The molecular formula is C10H12N4. The van der Waals surface area contributed by atoms with E-state index in [-0.39, 0.29) is 0 Å². The summed E-state index contributed by atoms with van der Waals surface area (Å²) in [6.45, 7) is 3.95. The van der Waals surface area contributed by atoms with Gasteiger partial charge in [0.2, 0.25) is 0 Å². The summed E-state index contributed by atoms with van der Waals surface area (Å²) in [6, 6.07) is 8.06. The van der Waals surface area contributed by atoms with Crippen molar-refractivity contribution in [2.45, 2.75) is 13.8 Å². The van der Waals surface area contributed by atoms with E-state index < -0.39 is 0 Å². The minimum absolute atomic E-state index is 0.477. The van der Waals surface area contributed by atoms with Crippen molar-refractivity contribution in [3.8, 4) is 5.69 Å². The van der Waals surface area contributed by atoms with Crippen molar-refractivity contribution >= 4 is 5.82 Å². The molecule has 2 aromatic rings. The molecule has 0 spiro atoms. The molecule has 4 nitrogen and oxygen atoms in total. The van der Waals surface area contributed by atoms with Gasteiger partial charge in [0, 0.05) is 0 Å². The van der Waals surface area contributed by atoms with Crippen LogP contribution >= 0.6 is 0 Å². The van der Waals surface area contributed by atoms with E-state index in [0.717, 1.165) is 11.4 Å². The standard InChI is InChI=1S/C10H12N4/c1-7-3-5-9(6-4-7)14-8(2)10(11)12-13-14/h3-6H,11H2,1-2H3. The van der Waals surface area contributed by atoms with Gasteiger partial charge in [-0.15, -0.1) is 5.10 Å². The van der Waals surface area contributed by atoms with Crippen LogP contribution in [0.1, 0.15) is 11.3 Å². The molecule has 1 aromatic heterocycles. The molecule has 72 valence electrons. The third-order valence-corrected chi connectivity index (χ3v) is 2.21. The molecule has 0 saturated heterocycles. The Morgan fingerprint density at radius 2 is 1.79 bits per heavy atom. The van der Waals surface area contributed by atoms with Crippen molar-refractivity contribution in [1.29, 1.82) is 0 Å². The number of aromatic nitrogens is 3. The summed E-state index contributed by atoms with van der Waals surface area (Å²) < 4.78 is 1.73. The molecule has 1 aromatic carbocycles. The van der Waals surface area contributed by atoms with Gasteiger partial charge in [0.15, 0.2) is 5.82 Å². The maximum Gasteiger partial charge on any atom is 0.169 e. The molecule has 0 amide bonds. The normalized spacial score (nSPS) is 10.4. The van der Waals surface area contributed by atoms with Crippen molar-refractivity contribution in [1.82, 2.24) is 15.0 Å². The molecule has 0 fully saturated rings. The zero-order valence-corrected chi connectivity index (χ0v) is 8.23. The summed E-state index contributed by atoms with van der Waals surface area (Å²) in [7, 11) is 0. The van der Waals surface area contributed by atoms with Crippen LogP contribution in [-0.2, 0) is 0 Å². The highest BCUT2D eigenvalue weighted by molar-refractivity contribution is 5.40. The topological polar surface area (TPSA) is 56.7 Å². The Morgan fingerprint density at radius 3 is 2.29 bits per heavy atom. The summed E-state index contributed by atoms with van der Waals surface area (Å²) in [4.78, 5) is 0. The average molecular weight is 188 g/mol. The number of benzene rings is 1. The number of rotatable bonds is 1. The SMILES string of the molecule is Cc1ccc(-n2nnc(N)c2C)cc1. The van der Waals surface area contributed by atoms with E-state index in [9.17, 15) is 0 Å². The molecule has 1 heterocycles. The van der Waals surface area contributed by atoms with Crippen LogP contribution in [0.4, 0.5) is 5.82 Å². The predicted octanol–water partition coefficient (Wildman–Crippen LogP) is 1.47. The predicted molar refractivity (Wildman–Crippen MR) is 55.2 cm³/mol. The largest absolute Gasteiger partial charge is 0.381 e. The van der Waals surface area contributed by atoms with Crippen LogP contribution in [0.3, 0.4) is 0 Å². The Labute approximate surface area is 82.4 Å². The van der Waals surface area contributed by atoms with Crippen molar-refractivity contribution in [2.75, 3.05) is 5.73 Å². The third kappa shape index (κ3) is 1.35. The van der Waals surface area contributed by atoms with Crippen LogP contribution < -0.4 is 5.73 Å². The van der Waals surface area contributed by atoms with E-state index in [2.05, 4.69) is 10.3 Å². The monoisotopic (exact) mass is 188 g/mol. The summed E-state index contributed by atoms with van der Waals surface area (Å²) in [5, 5.41) is 7.76. The second kappa shape index (κ2) is 3.14. The summed E-state index contributed by atoms with van der Waals surface area (Å²) in [5.74, 6) is 0.477. The maximum atomic E-state index is 5.61. The second-order valence-corrected chi connectivity index (χ2v) is 3.31. The fourth-order valence-corrected chi connectivity index (χ4v) is 1.27. The molecule has 0 unspecified atom stereocenters. The van der Waals surface area contributed by atoms with Crippen molar-refractivity contribution < 1.29 is 0 Å². The van der Waals surface area contributed by atoms with Crippen LogP contribution in [0.2, 0.25) is 0 Å². The Balaban J connectivity index is 2.49. The maximum absolute atomic E-state index is 5.61. The highest BCUT2D eigenvalue weighted by atomic mass is 15.4. The molecule has 2 N–H and O–H groups in total. The van der Waals surface area contributed by atoms with Gasteiger partial charge in [-0.2, -0.15) is 0 Å². The van der Waals surface area contributed by atoms with Gasteiger partial charge in [-0.05, 0) is 26.0 Å². The van der Waals surface area contributed by atoms with E-state index in [1.807, 2.05) is 38.1 Å². The van der Waals surface area contributed by atoms with Gasteiger partial charge in [-0.25, -0.2) is 4.68 Å². The molecule has 14 heavy (non-hydrogen) atoms. The van der Waals surface area contributed by atoms with Gasteiger partial charge in [0.1, 0.15) is 0 Å². The van der Waals surface area contributed by atoms with Crippen molar-refractivity contribution in [3.63, 3.8) is 0 Å². The van der Waals surface area contributed by atoms with Gasteiger partial charge < -0.3 is 5.73 Å². The lowest BCUT2D eigenvalue weighted by Gasteiger charge is -2.02. The van der Waals surface area contributed by atoms with E-state index in [1.165, 1.54) is 5.56 Å². The Hall–Kier alpha value is -1.84. The summed E-state index contributed by atoms with van der Waals surface area (Å²) in [5.41, 5.74) is 8.69. The number of hydrogen-bond donors (Lipinski definition) is 1. The van der Waals surface area contributed by atoms with Gasteiger partial charge in [-0.1, -0.05) is 22.9 Å². The molecule has 0 radical (unpaired) electrons. The first-order valence-electron chi connectivity index (χ1n) is 4.43. The first kappa shape index (κ1) is 8.74. The first-order valence-corrected chi connectivity index (χ1v) is 4.43. The lowest BCUT2D eigenvalue weighted by Crippen LogP contribution is -1.99. The Morgan fingerprint density at radius 1 is 1.14 bits per heavy atom. The zero-order chi connectivity index (χ0) is 10.1. The summed E-state index contributed by atoms with van der Waals surface area (Å²) >= 11 is 0. The van der Waals surface area contributed by atoms with Crippen LogP contribution in [-0.4, -0.2) is 15.0 Å². The van der Waals surface area contributed by atoms with E-state index >= 15 is 0 Å².